The van der Waals surface area contributed by atoms with E-state index >= 15 is 4.39 Å². The van der Waals surface area contributed by atoms with Crippen LogP contribution in [0.3, 0.4) is 0 Å². The number of aromatic amines is 1. The Balaban J connectivity index is 1.01. The van der Waals surface area contributed by atoms with E-state index in [1.165, 1.54) is 14.2 Å². The van der Waals surface area contributed by atoms with Crippen LogP contribution in [0.1, 0.15) is 78.2 Å². The predicted molar refractivity (Wildman–Crippen MR) is 231 cm³/mol. The topological polar surface area (TPSA) is 158 Å². The molecule has 4 amide bonds. The summed E-state index contributed by atoms with van der Waals surface area (Å²) in [5.41, 5.74) is 5.56. The summed E-state index contributed by atoms with van der Waals surface area (Å²) in [6.07, 6.45) is 2.51. The highest BCUT2D eigenvalue weighted by atomic mass is 32.1. The number of aliphatic imine (C=N–C) groups is 1. The van der Waals surface area contributed by atoms with Gasteiger partial charge in [0.2, 0.25) is 11.8 Å². The van der Waals surface area contributed by atoms with Crippen LogP contribution in [0.4, 0.5) is 14.0 Å². The van der Waals surface area contributed by atoms with Crippen LogP contribution in [-0.2, 0) is 19.1 Å². The van der Waals surface area contributed by atoms with Crippen LogP contribution in [-0.4, -0.2) is 94.9 Å². The van der Waals surface area contributed by atoms with Crippen LogP contribution in [0.5, 0.6) is 0 Å². The normalized spacial score (nSPS) is 21.3. The van der Waals surface area contributed by atoms with Gasteiger partial charge < -0.3 is 34.9 Å². The number of allylic oxidation sites excluding steroid dienone is 1. The first-order valence-corrected chi connectivity index (χ1v) is 21.4. The molecule has 2 saturated heterocycles. The van der Waals surface area contributed by atoms with Crippen molar-refractivity contribution in [3.05, 3.63) is 71.9 Å². The molecule has 0 radical (unpaired) electrons. The molecule has 6 atom stereocenters. The number of hydrogen-bond donors (Lipinski definition) is 3. The SMILES string of the molecule is COC(=O)N[C@H](C(=O)N1C[C@@H](C)C[C@H]1C1=NC=C(c2ccc(-c3ccc(-c4cc5[nH]c([C@@H]6C[C@H](C)CN6C(=O)[C@@H](NC(=O)OC)C(C)C)nc5s4)cc3)c(F)c2)C1)C(C)C. The number of ether oxygens (including phenoxy) is 2. The Labute approximate surface area is 353 Å². The van der Waals surface area contributed by atoms with Crippen molar-refractivity contribution >= 4 is 57.0 Å². The van der Waals surface area contributed by atoms with Crippen LogP contribution < -0.4 is 10.6 Å². The summed E-state index contributed by atoms with van der Waals surface area (Å²) in [6, 6.07) is 13.2. The minimum atomic E-state index is -0.721. The number of H-pyrrole nitrogens is 1. The second-order valence-electron chi connectivity index (χ2n) is 17.1. The quantitative estimate of drug-likeness (QED) is 0.137. The lowest BCUT2D eigenvalue weighted by Gasteiger charge is -2.31. The summed E-state index contributed by atoms with van der Waals surface area (Å²) in [6.45, 7) is 12.9. The molecule has 318 valence electrons. The molecular weight excluding hydrogens is 786 g/mol. The van der Waals surface area contributed by atoms with E-state index in [-0.39, 0.29) is 53.4 Å². The van der Waals surface area contributed by atoms with Gasteiger partial charge in [-0.3, -0.25) is 14.6 Å². The zero-order valence-electron chi connectivity index (χ0n) is 35.4. The summed E-state index contributed by atoms with van der Waals surface area (Å²) in [5, 5.41) is 5.40. The molecule has 0 spiro atoms. The van der Waals surface area contributed by atoms with Gasteiger partial charge >= 0.3 is 12.2 Å². The van der Waals surface area contributed by atoms with Gasteiger partial charge in [-0.2, -0.15) is 0 Å². The van der Waals surface area contributed by atoms with Crippen LogP contribution in [0.15, 0.2) is 59.7 Å². The molecular formula is C45H54FN7O6S. The lowest BCUT2D eigenvalue weighted by Crippen LogP contribution is -2.53. The summed E-state index contributed by atoms with van der Waals surface area (Å²) in [4.78, 5) is 70.1. The monoisotopic (exact) mass is 839 g/mol. The number of nitrogens with zero attached hydrogens (tertiary/aromatic N) is 4. The number of likely N-dealkylation sites (tertiary alicyclic amines) is 2. The van der Waals surface area contributed by atoms with Crippen molar-refractivity contribution in [2.24, 2.45) is 28.7 Å². The highest BCUT2D eigenvalue weighted by Gasteiger charge is 2.42. The van der Waals surface area contributed by atoms with Gasteiger partial charge in [0, 0.05) is 41.9 Å². The smallest absolute Gasteiger partial charge is 0.407 e. The standard InChI is InChI=1S/C45H54FN7O6S/c1-23(2)38(49-44(56)58-7)42(54)52-21-25(5)15-35(52)33-18-30(20-47-33)29-13-14-31(32(46)17-29)27-9-11-28(12-10-27)37-19-34-41(60-37)51-40(48-34)36-16-26(6)22-53(36)43(55)39(24(3)4)50-45(57)59-8/h9-14,17,19-20,23-26,35-36,38-39H,15-16,18,21-22H2,1-8H3,(H,48,51)(H,49,56)(H,50,57)/t25-,26-,35-,36-,38-,39-/m0/s1. The molecule has 13 nitrogen and oxygen atoms in total. The van der Waals surface area contributed by atoms with Crippen molar-refractivity contribution in [3.8, 4) is 21.6 Å². The number of alkyl carbamates (subject to hydrolysis) is 2. The van der Waals surface area contributed by atoms with Gasteiger partial charge in [0.25, 0.3) is 0 Å². The molecule has 15 heteroatoms. The number of aromatic nitrogens is 2. The molecule has 2 fully saturated rings. The first-order valence-electron chi connectivity index (χ1n) is 20.6. The summed E-state index contributed by atoms with van der Waals surface area (Å²) >= 11 is 1.55. The average molecular weight is 840 g/mol. The molecule has 3 N–H and O–H groups in total. The molecule has 0 bridgehead atoms. The van der Waals surface area contributed by atoms with Crippen LogP contribution in [0, 0.1) is 29.5 Å². The maximum Gasteiger partial charge on any atom is 0.407 e. The fourth-order valence-electron chi connectivity index (χ4n) is 8.63. The number of halogens is 1. The Hall–Kier alpha value is -5.57. The van der Waals surface area contributed by atoms with Crippen LogP contribution in [0.25, 0.3) is 37.5 Å². The Kier molecular flexibility index (Phi) is 12.5. The van der Waals surface area contributed by atoms with E-state index < -0.39 is 24.3 Å². The third-order valence-electron chi connectivity index (χ3n) is 11.8. The van der Waals surface area contributed by atoms with Crippen molar-refractivity contribution in [1.82, 2.24) is 30.4 Å². The predicted octanol–water partition coefficient (Wildman–Crippen LogP) is 8.19. The van der Waals surface area contributed by atoms with Crippen molar-refractivity contribution < 1.29 is 33.0 Å². The number of benzene rings is 2. The molecule has 0 saturated carbocycles. The number of carbonyl (C=O) groups excluding carboxylic acids is 4. The number of fused-ring (bicyclic) bond motifs is 1. The molecule has 2 aromatic heterocycles. The Morgan fingerprint density at radius 2 is 1.35 bits per heavy atom. The number of methoxy groups -OCH3 is 2. The zero-order chi connectivity index (χ0) is 43.0. The Morgan fingerprint density at radius 1 is 0.800 bits per heavy atom. The van der Waals surface area contributed by atoms with Gasteiger partial charge in [0.05, 0.1) is 31.8 Å². The van der Waals surface area contributed by atoms with E-state index in [9.17, 15) is 19.2 Å². The van der Waals surface area contributed by atoms with Crippen molar-refractivity contribution in [2.75, 3.05) is 27.3 Å². The van der Waals surface area contributed by atoms with Gasteiger partial charge in [0.1, 0.15) is 28.6 Å². The van der Waals surface area contributed by atoms with E-state index in [0.717, 1.165) is 61.9 Å². The molecule has 7 rings (SSSR count). The maximum atomic E-state index is 15.8. The first kappa shape index (κ1) is 42.6. The van der Waals surface area contributed by atoms with Crippen molar-refractivity contribution in [2.45, 2.75) is 85.0 Å². The highest BCUT2D eigenvalue weighted by molar-refractivity contribution is 7.21. The summed E-state index contributed by atoms with van der Waals surface area (Å²) < 4.78 is 25.4. The lowest BCUT2D eigenvalue weighted by atomic mass is 9.94. The third-order valence-corrected chi connectivity index (χ3v) is 12.9. The minimum absolute atomic E-state index is 0.126. The number of imidazole rings is 1. The Morgan fingerprint density at radius 3 is 1.90 bits per heavy atom. The fraction of sp³-hybridized carbons (Fsp3) is 0.467. The lowest BCUT2D eigenvalue weighted by molar-refractivity contribution is -0.136. The van der Waals surface area contributed by atoms with E-state index in [1.807, 2.05) is 67.8 Å². The molecule has 3 aliphatic rings. The molecule has 3 aliphatic heterocycles. The summed E-state index contributed by atoms with van der Waals surface area (Å²) in [7, 11) is 2.56. The van der Waals surface area contributed by atoms with Crippen LogP contribution in [0.2, 0.25) is 0 Å². The first-order chi connectivity index (χ1) is 28.6. The number of carbonyl (C=O) groups is 4. The van der Waals surface area contributed by atoms with Gasteiger partial charge in [-0.15, -0.1) is 11.3 Å². The second kappa shape index (κ2) is 17.6. The molecule has 0 aliphatic carbocycles. The molecule has 5 heterocycles. The minimum Gasteiger partial charge on any atom is -0.453 e. The van der Waals surface area contributed by atoms with Crippen LogP contribution >= 0.6 is 11.3 Å². The average Bonchev–Trinajstić information content (AvgIpc) is 4.07. The van der Waals surface area contributed by atoms with Gasteiger partial charge in [-0.25, -0.2) is 19.0 Å². The van der Waals surface area contributed by atoms with Gasteiger partial charge in [-0.1, -0.05) is 77.9 Å². The van der Waals surface area contributed by atoms with Crippen molar-refractivity contribution in [1.29, 1.82) is 0 Å². The van der Waals surface area contributed by atoms with Gasteiger partial charge in [-0.05, 0) is 70.9 Å². The molecule has 0 unspecified atom stereocenters. The number of nitrogens with one attached hydrogen (secondary N) is 3. The van der Waals surface area contributed by atoms with E-state index in [4.69, 9.17) is 19.5 Å². The van der Waals surface area contributed by atoms with E-state index in [1.54, 1.807) is 29.7 Å². The van der Waals surface area contributed by atoms with E-state index in [0.29, 0.717) is 25.1 Å². The van der Waals surface area contributed by atoms with E-state index in [2.05, 4.69) is 35.5 Å². The zero-order valence-corrected chi connectivity index (χ0v) is 36.2. The third kappa shape index (κ3) is 8.68. The molecule has 2 aromatic carbocycles. The highest BCUT2D eigenvalue weighted by Crippen LogP contribution is 2.40. The largest absolute Gasteiger partial charge is 0.453 e. The molecule has 4 aromatic rings. The fourth-order valence-corrected chi connectivity index (χ4v) is 9.63. The number of amides is 4. The number of thiophene rings is 1. The number of rotatable bonds is 11. The second-order valence-corrected chi connectivity index (χ2v) is 18.1. The van der Waals surface area contributed by atoms with Crippen molar-refractivity contribution in [3.63, 3.8) is 0 Å². The Bertz CT molecular complexity index is 2300. The van der Waals surface area contributed by atoms with Gasteiger partial charge in [0.15, 0.2) is 0 Å². The summed E-state index contributed by atoms with van der Waals surface area (Å²) in [5.74, 6) is 0.336. The number of hydrogen-bond acceptors (Lipinski definition) is 9. The molecule has 60 heavy (non-hydrogen) atoms. The maximum absolute atomic E-state index is 15.8.